The molecule has 0 aromatic heterocycles. The van der Waals surface area contributed by atoms with Gasteiger partial charge in [-0.15, -0.1) is 0 Å². The fraction of sp³-hybridized carbons (Fsp3) is 0.231. The predicted molar refractivity (Wildman–Crippen MR) is 126 cm³/mol. The third-order valence-corrected chi connectivity index (χ3v) is 8.11. The molecule has 3 aliphatic rings. The summed E-state index contributed by atoms with van der Waals surface area (Å²) in [5.41, 5.74) is 4.32. The van der Waals surface area contributed by atoms with Crippen molar-refractivity contribution in [1.82, 2.24) is 0 Å². The van der Waals surface area contributed by atoms with E-state index in [1.54, 1.807) is 24.3 Å². The molecule has 0 radical (unpaired) electrons. The molecule has 6 heteroatoms. The van der Waals surface area contributed by atoms with Gasteiger partial charge in [0.25, 0.3) is 0 Å². The molecule has 4 nitrogen and oxygen atoms in total. The van der Waals surface area contributed by atoms with Gasteiger partial charge in [0.2, 0.25) is 11.8 Å². The Morgan fingerprint density at radius 3 is 2.22 bits per heavy atom. The first-order valence-corrected chi connectivity index (χ1v) is 12.0. The van der Waals surface area contributed by atoms with Gasteiger partial charge in [-0.05, 0) is 42.0 Å². The first-order valence-electron chi connectivity index (χ1n) is 10.8. The van der Waals surface area contributed by atoms with Crippen molar-refractivity contribution in [3.8, 4) is 0 Å². The molecule has 0 spiro atoms. The third-order valence-electron chi connectivity index (χ3n) is 7.33. The molecular formula is C26H21BrClN2O2+. The normalized spacial score (nSPS) is 28.4. The van der Waals surface area contributed by atoms with E-state index in [0.717, 1.165) is 23.0 Å². The summed E-state index contributed by atoms with van der Waals surface area (Å²) in [5, 5.41) is 0.584. The van der Waals surface area contributed by atoms with Crippen molar-refractivity contribution in [1.29, 1.82) is 0 Å². The van der Waals surface area contributed by atoms with Crippen LogP contribution in [0.4, 0.5) is 5.69 Å². The summed E-state index contributed by atoms with van der Waals surface area (Å²) in [4.78, 5) is 30.3. The molecular weight excluding hydrogens is 488 g/mol. The molecule has 2 amide bonds. The lowest BCUT2D eigenvalue weighted by molar-refractivity contribution is -0.959. The number of benzene rings is 3. The van der Waals surface area contributed by atoms with Crippen molar-refractivity contribution in [3.05, 3.63) is 99.0 Å². The van der Waals surface area contributed by atoms with Gasteiger partial charge < -0.3 is 4.90 Å². The van der Waals surface area contributed by atoms with Gasteiger partial charge in [0.05, 0.1) is 5.69 Å². The van der Waals surface area contributed by atoms with Crippen molar-refractivity contribution >= 4 is 45.0 Å². The van der Waals surface area contributed by atoms with Gasteiger partial charge in [-0.1, -0.05) is 63.9 Å². The molecule has 2 fully saturated rings. The number of carbonyl (C=O) groups excluding carboxylic acids is 2. The Morgan fingerprint density at radius 1 is 0.844 bits per heavy atom. The molecule has 3 aromatic rings. The minimum absolute atomic E-state index is 0.0554. The molecule has 1 unspecified atom stereocenters. The van der Waals surface area contributed by atoms with Crippen LogP contribution in [-0.2, 0) is 22.6 Å². The van der Waals surface area contributed by atoms with E-state index in [-0.39, 0.29) is 35.7 Å². The summed E-state index contributed by atoms with van der Waals surface area (Å²) < 4.78 is 1.00. The Morgan fingerprint density at radius 2 is 1.50 bits per heavy atom. The van der Waals surface area contributed by atoms with Gasteiger partial charge in [0.1, 0.15) is 30.5 Å². The number of anilines is 1. The first kappa shape index (κ1) is 20.2. The van der Waals surface area contributed by atoms with E-state index in [4.69, 9.17) is 11.6 Å². The van der Waals surface area contributed by atoms with Crippen LogP contribution in [0.15, 0.2) is 77.3 Å². The summed E-state index contributed by atoms with van der Waals surface area (Å²) in [7, 11) is 0. The zero-order valence-corrected chi connectivity index (χ0v) is 19.5. The molecule has 0 bridgehead atoms. The van der Waals surface area contributed by atoms with Gasteiger partial charge in [-0.3, -0.25) is 9.59 Å². The van der Waals surface area contributed by atoms with E-state index >= 15 is 0 Å². The Labute approximate surface area is 199 Å². The highest BCUT2D eigenvalue weighted by atomic mass is 79.9. The Hall–Kier alpha value is -2.47. The zero-order valence-electron chi connectivity index (χ0n) is 17.2. The van der Waals surface area contributed by atoms with Crippen LogP contribution in [0.3, 0.4) is 0 Å². The van der Waals surface area contributed by atoms with Crippen molar-refractivity contribution in [2.24, 2.45) is 11.8 Å². The lowest BCUT2D eigenvalue weighted by atomic mass is 9.84. The molecule has 6 rings (SSSR count). The number of rotatable bonds is 2. The zero-order chi connectivity index (χ0) is 22.0. The summed E-state index contributed by atoms with van der Waals surface area (Å²) in [5.74, 6) is -0.867. The largest absolute Gasteiger partial charge is 0.321 e. The second-order valence-electron chi connectivity index (χ2n) is 8.90. The number of imide groups is 1. The van der Waals surface area contributed by atoms with Crippen LogP contribution < -0.4 is 9.80 Å². The number of fused-ring (bicyclic) bond motifs is 4. The maximum absolute atomic E-state index is 13.8. The van der Waals surface area contributed by atoms with Crippen LogP contribution >= 0.6 is 27.5 Å². The van der Waals surface area contributed by atoms with Crippen molar-refractivity contribution in [2.45, 2.75) is 25.0 Å². The molecule has 2 saturated heterocycles. The fourth-order valence-electron chi connectivity index (χ4n) is 6.00. The van der Waals surface area contributed by atoms with Gasteiger partial charge in [-0.25, -0.2) is 4.90 Å². The lowest BCUT2D eigenvalue weighted by Crippen LogP contribution is -3.14. The number of halogens is 2. The highest BCUT2D eigenvalue weighted by Gasteiger charge is 2.66. The van der Waals surface area contributed by atoms with Crippen LogP contribution in [0.1, 0.15) is 22.7 Å². The van der Waals surface area contributed by atoms with Gasteiger partial charge >= 0.3 is 0 Å². The Balaban J connectivity index is 1.47. The van der Waals surface area contributed by atoms with Crippen molar-refractivity contribution in [2.75, 3.05) is 4.90 Å². The van der Waals surface area contributed by atoms with E-state index in [1.165, 1.54) is 20.9 Å². The summed E-state index contributed by atoms with van der Waals surface area (Å²) >= 11 is 9.57. The molecule has 0 saturated carbocycles. The smallest absolute Gasteiger partial charge is 0.244 e. The Bertz CT molecular complexity index is 1230. The number of carbonyl (C=O) groups is 2. The first-order chi connectivity index (χ1) is 15.5. The fourth-order valence-corrected chi connectivity index (χ4v) is 6.39. The predicted octanol–water partition coefficient (Wildman–Crippen LogP) is 3.97. The average Bonchev–Trinajstić information content (AvgIpc) is 3.26. The lowest BCUT2D eigenvalue weighted by Gasteiger charge is -2.35. The quantitative estimate of drug-likeness (QED) is 0.532. The van der Waals surface area contributed by atoms with Gasteiger partial charge in [0, 0.05) is 27.0 Å². The molecule has 0 aliphatic carbocycles. The van der Waals surface area contributed by atoms with E-state index < -0.39 is 0 Å². The van der Waals surface area contributed by atoms with E-state index in [1.807, 2.05) is 12.1 Å². The maximum Gasteiger partial charge on any atom is 0.244 e. The topological polar surface area (TPSA) is 41.8 Å². The number of nitrogens with zero attached hydrogens (tertiary/aromatic N) is 1. The van der Waals surface area contributed by atoms with E-state index in [2.05, 4.69) is 52.3 Å². The summed E-state index contributed by atoms with van der Waals surface area (Å²) in [6.07, 6.45) is 0.813. The van der Waals surface area contributed by atoms with Crippen LogP contribution in [0.5, 0.6) is 0 Å². The average molecular weight is 509 g/mol. The van der Waals surface area contributed by atoms with Gasteiger partial charge in [0.15, 0.2) is 0 Å². The second kappa shape index (κ2) is 7.55. The molecule has 32 heavy (non-hydrogen) atoms. The van der Waals surface area contributed by atoms with Crippen molar-refractivity contribution in [3.63, 3.8) is 0 Å². The third kappa shape index (κ3) is 2.99. The molecule has 3 heterocycles. The summed E-state index contributed by atoms with van der Waals surface area (Å²) in [6, 6.07) is 23.7. The highest BCUT2D eigenvalue weighted by Crippen LogP contribution is 2.44. The number of hydrogen-bond acceptors (Lipinski definition) is 2. The standard InChI is InChI=1S/C26H20BrClN2O2/c27-18-7-5-15(6-8-18)24-23-22(21-13-16-3-1-2-4-17(16)14-29(21)24)25(31)30(26(23)32)20-11-9-19(28)10-12-20/h1-12,21-24H,13-14H2/p+1/t21-,22+,23+,24-/m0/s1. The number of hydrogen-bond donors (Lipinski definition) is 1. The number of quaternary nitrogens is 1. The van der Waals surface area contributed by atoms with Crippen molar-refractivity contribution < 1.29 is 14.5 Å². The minimum atomic E-state index is -0.367. The van der Waals surface area contributed by atoms with E-state index in [9.17, 15) is 9.59 Å². The SMILES string of the molecule is O=C1[C@@H]2[C@H](C(=O)N1c1ccc(Cl)cc1)[C@@H]1Cc3ccccc3C[NH+]1[C@H]2c1ccc(Br)cc1. The number of nitrogens with one attached hydrogen (secondary N) is 1. The molecule has 3 aromatic carbocycles. The number of amides is 2. The molecule has 160 valence electrons. The molecule has 3 aliphatic heterocycles. The Kier molecular flexibility index (Phi) is 4.75. The van der Waals surface area contributed by atoms with Crippen LogP contribution in [-0.4, -0.2) is 17.9 Å². The van der Waals surface area contributed by atoms with Gasteiger partial charge in [-0.2, -0.15) is 0 Å². The summed E-state index contributed by atoms with van der Waals surface area (Å²) in [6.45, 7) is 0.829. The van der Waals surface area contributed by atoms with Crippen LogP contribution in [0.25, 0.3) is 0 Å². The van der Waals surface area contributed by atoms with Crippen LogP contribution in [0, 0.1) is 11.8 Å². The monoisotopic (exact) mass is 507 g/mol. The van der Waals surface area contributed by atoms with Crippen LogP contribution in [0.2, 0.25) is 5.02 Å². The minimum Gasteiger partial charge on any atom is -0.321 e. The highest BCUT2D eigenvalue weighted by molar-refractivity contribution is 9.10. The molecule has 5 atom stereocenters. The maximum atomic E-state index is 13.8. The second-order valence-corrected chi connectivity index (χ2v) is 10.3. The molecule has 1 N–H and O–H groups in total. The van der Waals surface area contributed by atoms with E-state index in [0.29, 0.717) is 10.7 Å².